The second-order valence-corrected chi connectivity index (χ2v) is 3.72. The summed E-state index contributed by atoms with van der Waals surface area (Å²) in [7, 11) is 0. The van der Waals surface area contributed by atoms with Crippen molar-refractivity contribution in [1.82, 2.24) is 0 Å². The standard InChI is InChI=1S/C11H10BrFO2/c12-6-2-1-3-8-4-5-9(11(14)15)10(13)7-8/h1,3-5,7H,2,6H2,(H,14,15). The third-order valence-electron chi connectivity index (χ3n) is 1.81. The van der Waals surface area contributed by atoms with Crippen molar-refractivity contribution in [2.24, 2.45) is 0 Å². The van der Waals surface area contributed by atoms with E-state index in [0.29, 0.717) is 5.56 Å². The van der Waals surface area contributed by atoms with Gasteiger partial charge in [-0.25, -0.2) is 9.18 Å². The zero-order valence-electron chi connectivity index (χ0n) is 7.91. The number of carbonyl (C=O) groups is 1. The Bertz CT molecular complexity index is 388. The molecule has 4 heteroatoms. The summed E-state index contributed by atoms with van der Waals surface area (Å²) in [5.41, 5.74) is 0.367. The van der Waals surface area contributed by atoms with Crippen LogP contribution in [0, 0.1) is 5.82 Å². The number of hydrogen-bond donors (Lipinski definition) is 1. The number of rotatable bonds is 4. The van der Waals surface area contributed by atoms with E-state index in [-0.39, 0.29) is 5.56 Å². The molecule has 0 saturated carbocycles. The van der Waals surface area contributed by atoms with Gasteiger partial charge >= 0.3 is 5.97 Å². The summed E-state index contributed by atoms with van der Waals surface area (Å²) in [5.74, 6) is -1.95. The van der Waals surface area contributed by atoms with Crippen molar-refractivity contribution in [3.05, 3.63) is 41.2 Å². The molecule has 0 heterocycles. The summed E-state index contributed by atoms with van der Waals surface area (Å²) >= 11 is 3.27. The number of alkyl halides is 1. The number of allylic oxidation sites excluding steroid dienone is 1. The van der Waals surface area contributed by atoms with E-state index in [1.165, 1.54) is 12.1 Å². The highest BCUT2D eigenvalue weighted by atomic mass is 79.9. The van der Waals surface area contributed by atoms with Crippen LogP contribution in [0.5, 0.6) is 0 Å². The van der Waals surface area contributed by atoms with E-state index in [0.717, 1.165) is 11.8 Å². The fourth-order valence-electron chi connectivity index (χ4n) is 1.09. The Morgan fingerprint density at radius 3 is 2.80 bits per heavy atom. The van der Waals surface area contributed by atoms with Crippen molar-refractivity contribution >= 4 is 28.0 Å². The Morgan fingerprint density at radius 2 is 2.27 bits per heavy atom. The van der Waals surface area contributed by atoms with Crippen LogP contribution < -0.4 is 0 Å². The molecule has 0 aliphatic carbocycles. The molecule has 0 bridgehead atoms. The first-order chi connectivity index (χ1) is 7.15. The summed E-state index contributed by atoms with van der Waals surface area (Å²) in [6.45, 7) is 0. The van der Waals surface area contributed by atoms with Gasteiger partial charge in [0, 0.05) is 5.33 Å². The SMILES string of the molecule is O=C(O)c1ccc(C=CCCBr)cc1F. The number of benzene rings is 1. The number of carboxylic acids is 1. The topological polar surface area (TPSA) is 37.3 Å². The molecule has 80 valence electrons. The van der Waals surface area contributed by atoms with Crippen LogP contribution in [0.4, 0.5) is 4.39 Å². The summed E-state index contributed by atoms with van der Waals surface area (Å²) in [6, 6.07) is 4.07. The maximum Gasteiger partial charge on any atom is 0.338 e. The Labute approximate surface area is 95.6 Å². The molecule has 1 N–H and O–H groups in total. The third kappa shape index (κ3) is 3.47. The lowest BCUT2D eigenvalue weighted by Crippen LogP contribution is -2.00. The highest BCUT2D eigenvalue weighted by Gasteiger charge is 2.08. The van der Waals surface area contributed by atoms with Gasteiger partial charge in [0.05, 0.1) is 5.56 Å². The fraction of sp³-hybridized carbons (Fsp3) is 0.182. The minimum absolute atomic E-state index is 0.298. The minimum atomic E-state index is -1.25. The van der Waals surface area contributed by atoms with Crippen LogP contribution in [0.1, 0.15) is 22.3 Å². The first-order valence-corrected chi connectivity index (χ1v) is 5.52. The molecule has 1 rings (SSSR count). The van der Waals surface area contributed by atoms with Crippen molar-refractivity contribution in [2.45, 2.75) is 6.42 Å². The van der Waals surface area contributed by atoms with E-state index in [1.54, 1.807) is 12.1 Å². The molecule has 2 nitrogen and oxygen atoms in total. The van der Waals surface area contributed by atoms with Gasteiger partial charge in [-0.1, -0.05) is 34.1 Å². The van der Waals surface area contributed by atoms with Crippen LogP contribution >= 0.6 is 15.9 Å². The van der Waals surface area contributed by atoms with Crippen molar-refractivity contribution in [3.8, 4) is 0 Å². The zero-order valence-corrected chi connectivity index (χ0v) is 9.50. The van der Waals surface area contributed by atoms with E-state index >= 15 is 0 Å². The molecule has 0 aliphatic heterocycles. The smallest absolute Gasteiger partial charge is 0.338 e. The van der Waals surface area contributed by atoms with Crippen LogP contribution in [0.2, 0.25) is 0 Å². The second kappa shape index (κ2) is 5.66. The molecule has 1 aromatic carbocycles. The highest BCUT2D eigenvalue weighted by molar-refractivity contribution is 9.09. The lowest BCUT2D eigenvalue weighted by Gasteiger charge is -1.98. The fourth-order valence-corrected chi connectivity index (χ4v) is 1.36. The van der Waals surface area contributed by atoms with E-state index in [4.69, 9.17) is 5.11 Å². The van der Waals surface area contributed by atoms with Gasteiger partial charge in [-0.15, -0.1) is 0 Å². The van der Waals surface area contributed by atoms with Crippen molar-refractivity contribution in [3.63, 3.8) is 0 Å². The van der Waals surface area contributed by atoms with E-state index in [9.17, 15) is 9.18 Å². The zero-order chi connectivity index (χ0) is 11.3. The lowest BCUT2D eigenvalue weighted by molar-refractivity contribution is 0.0692. The molecule has 0 unspecified atom stereocenters. The van der Waals surface area contributed by atoms with Gasteiger partial charge in [-0.2, -0.15) is 0 Å². The Hall–Kier alpha value is -1.16. The third-order valence-corrected chi connectivity index (χ3v) is 2.27. The van der Waals surface area contributed by atoms with E-state index in [1.807, 2.05) is 6.08 Å². The second-order valence-electron chi connectivity index (χ2n) is 2.92. The van der Waals surface area contributed by atoms with Crippen molar-refractivity contribution in [1.29, 1.82) is 0 Å². The van der Waals surface area contributed by atoms with Gasteiger partial charge in [-0.05, 0) is 24.1 Å². The average Bonchev–Trinajstić information content (AvgIpc) is 2.17. The predicted molar refractivity (Wildman–Crippen MR) is 60.8 cm³/mol. The Balaban J connectivity index is 2.87. The largest absolute Gasteiger partial charge is 0.478 e. The van der Waals surface area contributed by atoms with Gasteiger partial charge in [-0.3, -0.25) is 0 Å². The van der Waals surface area contributed by atoms with Gasteiger partial charge in [0.25, 0.3) is 0 Å². The maximum atomic E-state index is 13.2. The summed E-state index contributed by atoms with van der Waals surface area (Å²) in [5, 5.41) is 9.45. The Kier molecular flexibility index (Phi) is 4.49. The molecule has 0 spiro atoms. The van der Waals surface area contributed by atoms with Crippen molar-refractivity contribution in [2.75, 3.05) is 5.33 Å². The van der Waals surface area contributed by atoms with Crippen LogP contribution in [0.3, 0.4) is 0 Å². The van der Waals surface area contributed by atoms with Crippen LogP contribution in [0.15, 0.2) is 24.3 Å². The molecular weight excluding hydrogens is 263 g/mol. The molecule has 0 fully saturated rings. The molecule has 0 amide bonds. The monoisotopic (exact) mass is 272 g/mol. The number of carboxylic acid groups (broad SMARTS) is 1. The lowest BCUT2D eigenvalue weighted by atomic mass is 10.1. The summed E-state index contributed by atoms with van der Waals surface area (Å²) in [4.78, 5) is 10.5. The maximum absolute atomic E-state index is 13.2. The number of hydrogen-bond acceptors (Lipinski definition) is 1. The molecular formula is C11H10BrFO2. The quantitative estimate of drug-likeness (QED) is 0.854. The van der Waals surface area contributed by atoms with Gasteiger partial charge in [0.1, 0.15) is 5.82 Å². The minimum Gasteiger partial charge on any atom is -0.478 e. The number of aromatic carboxylic acids is 1. The van der Waals surface area contributed by atoms with Crippen molar-refractivity contribution < 1.29 is 14.3 Å². The molecule has 1 aromatic rings. The van der Waals surface area contributed by atoms with Gasteiger partial charge in [0.15, 0.2) is 0 Å². The normalized spacial score (nSPS) is 10.8. The number of halogens is 2. The molecule has 0 atom stereocenters. The molecule has 15 heavy (non-hydrogen) atoms. The average molecular weight is 273 g/mol. The predicted octanol–water partition coefficient (Wildman–Crippen LogP) is 3.32. The highest BCUT2D eigenvalue weighted by Crippen LogP contribution is 2.12. The van der Waals surface area contributed by atoms with Crippen LogP contribution in [-0.4, -0.2) is 16.4 Å². The van der Waals surface area contributed by atoms with Gasteiger partial charge in [0.2, 0.25) is 0 Å². The summed E-state index contributed by atoms with van der Waals surface area (Å²) in [6.07, 6.45) is 4.50. The molecule has 0 aromatic heterocycles. The first kappa shape index (κ1) is 11.9. The molecule has 0 saturated heterocycles. The molecule has 0 radical (unpaired) electrons. The van der Waals surface area contributed by atoms with Crippen LogP contribution in [-0.2, 0) is 0 Å². The van der Waals surface area contributed by atoms with Gasteiger partial charge < -0.3 is 5.11 Å². The summed E-state index contributed by atoms with van der Waals surface area (Å²) < 4.78 is 13.2. The Morgan fingerprint density at radius 1 is 1.53 bits per heavy atom. The van der Waals surface area contributed by atoms with E-state index in [2.05, 4.69) is 15.9 Å². The van der Waals surface area contributed by atoms with Crippen LogP contribution in [0.25, 0.3) is 6.08 Å². The molecule has 0 aliphatic rings. The first-order valence-electron chi connectivity index (χ1n) is 4.40. The van der Waals surface area contributed by atoms with E-state index < -0.39 is 11.8 Å².